The lowest BCUT2D eigenvalue weighted by molar-refractivity contribution is 0.0977. The molecule has 1 amide bonds. The molecule has 3 N–H and O–H groups in total. The smallest absolute Gasteiger partial charge is 0.261 e. The van der Waals surface area contributed by atoms with E-state index in [1.165, 1.54) is 12.1 Å². The zero-order valence-corrected chi connectivity index (χ0v) is 21.6. The Morgan fingerprint density at radius 2 is 1.66 bits per heavy atom. The Labute approximate surface area is 212 Å². The lowest BCUT2D eigenvalue weighted by Crippen LogP contribution is -2.34. The number of thiocarbonyl (C=S) groups is 1. The molecule has 0 aromatic heterocycles. The maximum absolute atomic E-state index is 12.7. The number of aryl methyl sites for hydroxylation is 2. The van der Waals surface area contributed by atoms with Crippen LogP contribution in [0.1, 0.15) is 41.3 Å². The Balaban J connectivity index is 1.59. The molecule has 3 rings (SSSR count). The summed E-state index contributed by atoms with van der Waals surface area (Å²) < 4.78 is 33.7. The number of rotatable bonds is 9. The van der Waals surface area contributed by atoms with Crippen molar-refractivity contribution in [3.63, 3.8) is 0 Å². The molecule has 0 saturated heterocycles. The highest BCUT2D eigenvalue weighted by Crippen LogP contribution is 2.20. The van der Waals surface area contributed by atoms with E-state index in [0.717, 1.165) is 24.0 Å². The maximum Gasteiger partial charge on any atom is 0.261 e. The van der Waals surface area contributed by atoms with E-state index in [2.05, 4.69) is 22.3 Å². The van der Waals surface area contributed by atoms with Crippen LogP contribution in [0.3, 0.4) is 0 Å². The van der Waals surface area contributed by atoms with Crippen LogP contribution in [0.15, 0.2) is 71.6 Å². The summed E-state index contributed by atoms with van der Waals surface area (Å²) in [6.45, 7) is 6.56. The molecule has 0 heterocycles. The minimum absolute atomic E-state index is 0.0937. The van der Waals surface area contributed by atoms with Crippen LogP contribution in [-0.4, -0.2) is 26.0 Å². The van der Waals surface area contributed by atoms with Crippen molar-refractivity contribution >= 4 is 44.6 Å². The van der Waals surface area contributed by atoms with Gasteiger partial charge >= 0.3 is 0 Å². The van der Waals surface area contributed by atoms with Gasteiger partial charge in [-0.05, 0) is 98.2 Å². The van der Waals surface area contributed by atoms with Crippen molar-refractivity contribution in [3.8, 4) is 5.75 Å². The maximum atomic E-state index is 12.7. The van der Waals surface area contributed by atoms with Gasteiger partial charge in [-0.3, -0.25) is 14.8 Å². The van der Waals surface area contributed by atoms with Crippen molar-refractivity contribution in [2.75, 3.05) is 16.6 Å². The van der Waals surface area contributed by atoms with Gasteiger partial charge in [0.25, 0.3) is 15.9 Å². The largest absolute Gasteiger partial charge is 0.494 e. The molecule has 0 spiro atoms. The molecule has 0 atom stereocenters. The van der Waals surface area contributed by atoms with Crippen LogP contribution in [0, 0.1) is 13.8 Å². The summed E-state index contributed by atoms with van der Waals surface area (Å²) >= 11 is 5.24. The molecule has 0 radical (unpaired) electrons. The van der Waals surface area contributed by atoms with E-state index in [0.29, 0.717) is 29.3 Å². The van der Waals surface area contributed by atoms with E-state index >= 15 is 0 Å². The highest BCUT2D eigenvalue weighted by molar-refractivity contribution is 7.92. The molecule has 3 aromatic carbocycles. The van der Waals surface area contributed by atoms with Crippen molar-refractivity contribution in [2.24, 2.45) is 0 Å². The van der Waals surface area contributed by atoms with Crippen LogP contribution in [0.25, 0.3) is 0 Å². The Morgan fingerprint density at radius 1 is 0.943 bits per heavy atom. The van der Waals surface area contributed by atoms with Gasteiger partial charge in [-0.1, -0.05) is 25.5 Å². The monoisotopic (exact) mass is 511 g/mol. The molecule has 0 fully saturated rings. The molecule has 0 aliphatic rings. The van der Waals surface area contributed by atoms with Gasteiger partial charge in [-0.15, -0.1) is 0 Å². The van der Waals surface area contributed by atoms with Gasteiger partial charge in [0.05, 0.1) is 11.5 Å². The molecular formula is C26H29N3O4S2. The highest BCUT2D eigenvalue weighted by Gasteiger charge is 2.15. The SMILES string of the molecule is CCCCOc1cccc(C(=O)NC(=S)Nc2ccc(S(=O)(=O)Nc3ccc(C)c(C)c3)cc2)c1. The fourth-order valence-corrected chi connectivity index (χ4v) is 4.40. The second-order valence-electron chi connectivity index (χ2n) is 8.07. The summed E-state index contributed by atoms with van der Waals surface area (Å²) in [6, 6.07) is 18.4. The third kappa shape index (κ3) is 7.53. The summed E-state index contributed by atoms with van der Waals surface area (Å²) in [7, 11) is -3.75. The van der Waals surface area contributed by atoms with Gasteiger partial charge in [0.2, 0.25) is 0 Å². The highest BCUT2D eigenvalue weighted by atomic mass is 32.2. The predicted molar refractivity (Wildman–Crippen MR) is 144 cm³/mol. The standard InChI is InChI=1S/C26H29N3O4S2/c1-4-5-15-33-23-8-6-7-20(17-23)25(30)28-26(34)27-21-11-13-24(14-12-21)35(31,32)29-22-10-9-18(2)19(3)16-22/h6-14,16-17,29H,4-5,15H2,1-3H3,(H2,27,28,30,34). The van der Waals surface area contributed by atoms with E-state index in [1.54, 1.807) is 48.5 Å². The summed E-state index contributed by atoms with van der Waals surface area (Å²) in [6.07, 6.45) is 1.96. The third-order valence-electron chi connectivity index (χ3n) is 5.27. The molecule has 35 heavy (non-hydrogen) atoms. The Bertz CT molecular complexity index is 1310. The molecule has 0 unspecified atom stereocenters. The number of carbonyl (C=O) groups excluding carboxylic acids is 1. The molecule has 0 saturated carbocycles. The number of anilines is 2. The third-order valence-corrected chi connectivity index (χ3v) is 6.87. The minimum atomic E-state index is -3.75. The van der Waals surface area contributed by atoms with Crippen molar-refractivity contribution in [2.45, 2.75) is 38.5 Å². The first kappa shape index (κ1) is 26.2. The van der Waals surface area contributed by atoms with Gasteiger partial charge in [-0.2, -0.15) is 0 Å². The predicted octanol–water partition coefficient (Wildman–Crippen LogP) is 5.41. The molecule has 184 valence electrons. The molecule has 0 aliphatic heterocycles. The number of benzene rings is 3. The first-order valence-corrected chi connectivity index (χ1v) is 13.1. The first-order chi connectivity index (χ1) is 16.7. The van der Waals surface area contributed by atoms with Crippen LogP contribution in [0.2, 0.25) is 0 Å². The van der Waals surface area contributed by atoms with E-state index in [9.17, 15) is 13.2 Å². The molecule has 0 bridgehead atoms. The van der Waals surface area contributed by atoms with Crippen LogP contribution < -0.4 is 20.1 Å². The van der Waals surface area contributed by atoms with Gasteiger partial charge < -0.3 is 10.1 Å². The molecule has 7 nitrogen and oxygen atoms in total. The lowest BCUT2D eigenvalue weighted by Gasteiger charge is -2.12. The number of ether oxygens (including phenoxy) is 1. The van der Waals surface area contributed by atoms with Crippen LogP contribution in [0.5, 0.6) is 5.75 Å². The second-order valence-corrected chi connectivity index (χ2v) is 10.2. The van der Waals surface area contributed by atoms with E-state index in [1.807, 2.05) is 19.9 Å². The van der Waals surface area contributed by atoms with Crippen LogP contribution in [0.4, 0.5) is 11.4 Å². The number of unbranched alkanes of at least 4 members (excludes halogenated alkanes) is 1. The summed E-state index contributed by atoms with van der Waals surface area (Å²) in [5, 5.41) is 5.61. The Morgan fingerprint density at radius 3 is 2.34 bits per heavy atom. The van der Waals surface area contributed by atoms with E-state index in [-0.39, 0.29) is 15.9 Å². The number of amides is 1. The zero-order valence-electron chi connectivity index (χ0n) is 19.9. The zero-order chi connectivity index (χ0) is 25.4. The minimum Gasteiger partial charge on any atom is -0.494 e. The molecule has 3 aromatic rings. The number of hydrogen-bond acceptors (Lipinski definition) is 5. The number of hydrogen-bond donors (Lipinski definition) is 3. The number of carbonyl (C=O) groups is 1. The average molecular weight is 512 g/mol. The molecular weight excluding hydrogens is 482 g/mol. The normalized spacial score (nSPS) is 10.9. The van der Waals surface area contributed by atoms with Gasteiger partial charge in [-0.25, -0.2) is 8.42 Å². The van der Waals surface area contributed by atoms with Gasteiger partial charge in [0.1, 0.15) is 5.75 Å². The number of sulfonamides is 1. The lowest BCUT2D eigenvalue weighted by atomic mass is 10.1. The first-order valence-electron chi connectivity index (χ1n) is 11.2. The fourth-order valence-electron chi connectivity index (χ4n) is 3.14. The Hall–Kier alpha value is -3.43. The van der Waals surface area contributed by atoms with Crippen LogP contribution in [-0.2, 0) is 10.0 Å². The van der Waals surface area contributed by atoms with E-state index in [4.69, 9.17) is 17.0 Å². The quantitative estimate of drug-likeness (QED) is 0.263. The molecule has 9 heteroatoms. The van der Waals surface area contributed by atoms with Crippen LogP contribution >= 0.6 is 12.2 Å². The Kier molecular flexibility index (Phi) is 8.84. The van der Waals surface area contributed by atoms with Crippen molar-refractivity contribution < 1.29 is 17.9 Å². The topological polar surface area (TPSA) is 96.5 Å². The molecule has 0 aliphatic carbocycles. The fraction of sp³-hybridized carbons (Fsp3) is 0.231. The van der Waals surface area contributed by atoms with Crippen molar-refractivity contribution in [1.29, 1.82) is 0 Å². The van der Waals surface area contributed by atoms with Gasteiger partial charge in [0, 0.05) is 16.9 Å². The summed E-state index contributed by atoms with van der Waals surface area (Å²) in [5.74, 6) is 0.247. The summed E-state index contributed by atoms with van der Waals surface area (Å²) in [5.41, 5.74) is 3.54. The van der Waals surface area contributed by atoms with Gasteiger partial charge in [0.15, 0.2) is 5.11 Å². The second kappa shape index (κ2) is 11.8. The summed E-state index contributed by atoms with van der Waals surface area (Å²) in [4.78, 5) is 12.7. The van der Waals surface area contributed by atoms with Crippen molar-refractivity contribution in [1.82, 2.24) is 5.32 Å². The van der Waals surface area contributed by atoms with E-state index < -0.39 is 10.0 Å². The average Bonchev–Trinajstić information content (AvgIpc) is 2.82. The van der Waals surface area contributed by atoms with Crippen molar-refractivity contribution in [3.05, 3.63) is 83.4 Å². The number of nitrogens with one attached hydrogen (secondary N) is 3.